The molecule has 5 heteroatoms. The maximum atomic E-state index is 15.0. The van der Waals surface area contributed by atoms with Gasteiger partial charge in [0.1, 0.15) is 5.78 Å². The van der Waals surface area contributed by atoms with Crippen LogP contribution in [0.25, 0.3) is 22.9 Å². The lowest BCUT2D eigenvalue weighted by molar-refractivity contribution is -0.254. The minimum Gasteiger partial charge on any atom is -0.396 e. The Hall–Kier alpha value is -3.35. The predicted octanol–water partition coefficient (Wildman–Crippen LogP) is 6.66. The SMILES string of the molecule is C=C1C2C(CO)CC3(C(=O)CCc4cccc5c4C=CC4CCCC54C4c5cc6cc(ccc6cc5C=CC4O)CC13C)C2(O)OC. The lowest BCUT2D eigenvalue weighted by atomic mass is 9.54. The number of allylic oxidation sites excluding steroid dienone is 1. The van der Waals surface area contributed by atoms with Gasteiger partial charge in [0.25, 0.3) is 0 Å². The van der Waals surface area contributed by atoms with E-state index < -0.39 is 28.6 Å². The van der Waals surface area contributed by atoms with Crippen LogP contribution < -0.4 is 0 Å². The quantitative estimate of drug-likeness (QED) is 0.218. The Morgan fingerprint density at radius 3 is 2.68 bits per heavy atom. The zero-order valence-electron chi connectivity index (χ0n) is 27.3. The number of carbonyl (C=O) groups excluding carboxylic acids is 1. The zero-order chi connectivity index (χ0) is 32.5. The van der Waals surface area contributed by atoms with E-state index in [-0.39, 0.29) is 36.1 Å². The number of benzene rings is 3. The minimum absolute atomic E-state index is 0.0255. The smallest absolute Gasteiger partial charge is 0.185 e. The summed E-state index contributed by atoms with van der Waals surface area (Å²) in [4.78, 5) is 15.0. The maximum absolute atomic E-state index is 15.0. The Labute approximate surface area is 276 Å². The number of Topliss-reactive ketones (excluding diaryl/α,β-unsaturated/α-hetero) is 1. The van der Waals surface area contributed by atoms with Crippen LogP contribution in [0.15, 0.2) is 72.8 Å². The number of aliphatic hydroxyl groups excluding tert-OH is 2. The number of hydrogen-bond donors (Lipinski definition) is 3. The fourth-order valence-electron chi connectivity index (χ4n) is 12.1. The Kier molecular flexibility index (Phi) is 6.24. The molecule has 0 saturated heterocycles. The third kappa shape index (κ3) is 3.46. The van der Waals surface area contributed by atoms with E-state index in [1.54, 1.807) is 0 Å². The van der Waals surface area contributed by atoms with Gasteiger partial charge in [-0.25, -0.2) is 0 Å². The predicted molar refractivity (Wildman–Crippen MR) is 184 cm³/mol. The van der Waals surface area contributed by atoms with Gasteiger partial charge in [-0.2, -0.15) is 0 Å². The normalized spacial score (nSPS) is 39.6. The largest absolute Gasteiger partial charge is 0.396 e. The van der Waals surface area contributed by atoms with Crippen molar-refractivity contribution in [2.75, 3.05) is 13.7 Å². The van der Waals surface area contributed by atoms with E-state index in [9.17, 15) is 20.1 Å². The van der Waals surface area contributed by atoms with Crippen LogP contribution in [-0.4, -0.2) is 46.7 Å². The summed E-state index contributed by atoms with van der Waals surface area (Å²) in [6, 6.07) is 17.7. The first kappa shape index (κ1) is 29.8. The second-order valence-corrected chi connectivity index (χ2v) is 15.7. The molecule has 242 valence electrons. The number of aryl methyl sites for hydroxylation is 1. The highest BCUT2D eigenvalue weighted by molar-refractivity contribution is 5.91. The van der Waals surface area contributed by atoms with Crippen LogP contribution in [0.1, 0.15) is 78.3 Å². The molecule has 3 aromatic carbocycles. The van der Waals surface area contributed by atoms with Gasteiger partial charge < -0.3 is 20.1 Å². The van der Waals surface area contributed by atoms with Gasteiger partial charge >= 0.3 is 0 Å². The van der Waals surface area contributed by atoms with Crippen molar-refractivity contribution in [3.8, 4) is 0 Å². The molecule has 0 aliphatic heterocycles. The molecule has 0 aromatic heterocycles. The van der Waals surface area contributed by atoms with Gasteiger partial charge in [-0.1, -0.05) is 92.3 Å². The number of methoxy groups -OCH3 is 1. The van der Waals surface area contributed by atoms with Gasteiger partial charge in [-0.3, -0.25) is 4.79 Å². The molecular weight excluding hydrogens is 584 g/mol. The molecule has 0 heterocycles. The lowest BCUT2D eigenvalue weighted by Crippen LogP contribution is -2.56. The van der Waals surface area contributed by atoms with Crippen molar-refractivity contribution in [1.82, 2.24) is 0 Å². The monoisotopic (exact) mass is 628 g/mol. The fourth-order valence-corrected chi connectivity index (χ4v) is 12.1. The average Bonchev–Trinajstić information content (AvgIpc) is 3.67. The van der Waals surface area contributed by atoms with Crippen LogP contribution in [0.2, 0.25) is 0 Å². The van der Waals surface area contributed by atoms with Crippen molar-refractivity contribution in [2.24, 2.45) is 28.6 Å². The van der Waals surface area contributed by atoms with Crippen LogP contribution in [0.3, 0.4) is 0 Å². The highest BCUT2D eigenvalue weighted by atomic mass is 16.6. The molecule has 3 saturated carbocycles. The average molecular weight is 629 g/mol. The van der Waals surface area contributed by atoms with Gasteiger partial charge in [0.05, 0.1) is 11.5 Å². The molecule has 5 nitrogen and oxygen atoms in total. The summed E-state index contributed by atoms with van der Waals surface area (Å²) in [5, 5.41) is 37.1. The van der Waals surface area contributed by atoms with E-state index in [1.165, 1.54) is 29.4 Å². The summed E-state index contributed by atoms with van der Waals surface area (Å²) in [6.45, 7) is 6.49. The Balaban J connectivity index is 1.32. The summed E-state index contributed by atoms with van der Waals surface area (Å²) in [7, 11) is 1.49. The molecular formula is C42H44O5. The number of fused-ring (bicyclic) bond motifs is 2. The molecule has 6 aliphatic carbocycles. The maximum Gasteiger partial charge on any atom is 0.185 e. The van der Waals surface area contributed by atoms with E-state index in [1.807, 2.05) is 6.08 Å². The Bertz CT molecular complexity index is 1940. The number of ether oxygens (including phenoxy) is 1. The Morgan fingerprint density at radius 1 is 1.02 bits per heavy atom. The lowest BCUT2D eigenvalue weighted by Gasteiger charge is -2.49. The molecule has 9 bridgehead atoms. The standard InChI is InChI=1S/C42H44O5/c1-24-37-30(23-43)22-41(42(37,46)47-3)36(45)16-12-26-6-4-8-34-32(26)14-13-31-7-5-17-40(31,34)38-33-20-29-18-25(21-39(24,41)2)9-10-27(29)19-28(33)11-15-35(38)44/h4,6,8-11,13-15,18-20,30-31,35,37-38,43-44,46H,1,5,7,12,16-17,21-23H2,2-3H3. The van der Waals surface area contributed by atoms with Gasteiger partial charge in [0.2, 0.25) is 0 Å². The van der Waals surface area contributed by atoms with E-state index >= 15 is 0 Å². The molecule has 47 heavy (non-hydrogen) atoms. The number of aliphatic hydroxyl groups is 3. The van der Waals surface area contributed by atoms with E-state index in [0.29, 0.717) is 25.2 Å². The molecule has 9 unspecified atom stereocenters. The summed E-state index contributed by atoms with van der Waals surface area (Å²) in [5.41, 5.74) is 5.51. The molecule has 9 rings (SSSR count). The second kappa shape index (κ2) is 9.85. The van der Waals surface area contributed by atoms with Gasteiger partial charge in [-0.15, -0.1) is 0 Å². The van der Waals surface area contributed by atoms with Crippen LogP contribution in [0.5, 0.6) is 0 Å². The van der Waals surface area contributed by atoms with Crippen molar-refractivity contribution in [3.05, 3.63) is 106 Å². The first-order valence-electron chi connectivity index (χ1n) is 17.5. The molecule has 9 atom stereocenters. The highest BCUT2D eigenvalue weighted by Gasteiger charge is 2.80. The van der Waals surface area contributed by atoms with Gasteiger partial charge in [-0.05, 0) is 94.2 Å². The molecule has 3 fully saturated rings. The van der Waals surface area contributed by atoms with Crippen molar-refractivity contribution in [1.29, 1.82) is 0 Å². The first-order valence-corrected chi connectivity index (χ1v) is 17.5. The summed E-state index contributed by atoms with van der Waals surface area (Å²) < 4.78 is 6.00. The molecule has 2 spiro atoms. The summed E-state index contributed by atoms with van der Waals surface area (Å²) in [6.07, 6.45) is 13.0. The third-order valence-corrected chi connectivity index (χ3v) is 14.1. The third-order valence-electron chi connectivity index (χ3n) is 14.1. The van der Waals surface area contributed by atoms with Crippen LogP contribution in [-0.2, 0) is 27.8 Å². The minimum atomic E-state index is -1.75. The first-order chi connectivity index (χ1) is 22.6. The van der Waals surface area contributed by atoms with Crippen molar-refractivity contribution in [3.63, 3.8) is 0 Å². The highest BCUT2D eigenvalue weighted by Crippen LogP contribution is 2.74. The van der Waals surface area contributed by atoms with E-state index in [2.05, 4.69) is 80.3 Å². The molecule has 6 aliphatic rings. The summed E-state index contributed by atoms with van der Waals surface area (Å²) in [5.74, 6) is -2.39. The van der Waals surface area contributed by atoms with Crippen molar-refractivity contribution < 1.29 is 24.9 Å². The number of rotatable bonds is 2. The Morgan fingerprint density at radius 2 is 1.87 bits per heavy atom. The number of carbonyl (C=O) groups is 1. The van der Waals surface area contributed by atoms with Crippen LogP contribution in [0.4, 0.5) is 0 Å². The zero-order valence-corrected chi connectivity index (χ0v) is 27.3. The molecule has 3 N–H and O–H groups in total. The second-order valence-electron chi connectivity index (χ2n) is 15.7. The number of ketones is 1. The molecule has 3 aromatic rings. The van der Waals surface area contributed by atoms with Crippen LogP contribution >= 0.6 is 0 Å². The van der Waals surface area contributed by atoms with Gasteiger partial charge in [0.15, 0.2) is 5.79 Å². The molecule has 0 amide bonds. The van der Waals surface area contributed by atoms with Crippen LogP contribution in [0, 0.1) is 28.6 Å². The van der Waals surface area contributed by atoms with Crippen molar-refractivity contribution >= 4 is 28.7 Å². The van der Waals surface area contributed by atoms with Gasteiger partial charge in [0, 0.05) is 42.8 Å². The summed E-state index contributed by atoms with van der Waals surface area (Å²) >= 11 is 0. The number of hydrogen-bond acceptors (Lipinski definition) is 5. The van der Waals surface area contributed by atoms with E-state index in [4.69, 9.17) is 4.74 Å². The fraction of sp³-hybridized carbons (Fsp3) is 0.452. The van der Waals surface area contributed by atoms with E-state index in [0.717, 1.165) is 46.7 Å². The molecule has 0 radical (unpaired) electrons. The topological polar surface area (TPSA) is 87.0 Å². The van der Waals surface area contributed by atoms with Crippen molar-refractivity contribution in [2.45, 2.75) is 75.1 Å².